The average molecular weight is 197 g/mol. The maximum absolute atomic E-state index is 11.4. The molecule has 1 aliphatic rings. The van der Waals surface area contributed by atoms with Crippen molar-refractivity contribution in [2.24, 2.45) is 0 Å². The fourth-order valence-corrected chi connectivity index (χ4v) is 1.89. The highest BCUT2D eigenvalue weighted by molar-refractivity contribution is 6.52. The molecule has 0 aliphatic carbocycles. The molecule has 0 bridgehead atoms. The molecule has 0 aromatic heterocycles. The molecule has 1 N–H and O–H groups in total. The van der Waals surface area contributed by atoms with Crippen molar-refractivity contribution in [3.8, 4) is 0 Å². The summed E-state index contributed by atoms with van der Waals surface area (Å²) < 4.78 is 0. The molecule has 3 nitrogen and oxygen atoms in total. The van der Waals surface area contributed by atoms with Gasteiger partial charge in [0.15, 0.2) is 0 Å². The third kappa shape index (κ3) is 1.00. The number of rotatable bonds is 0. The van der Waals surface area contributed by atoms with E-state index in [2.05, 4.69) is 5.32 Å². The second-order valence-electron chi connectivity index (χ2n) is 3.49. The smallest absolute Gasteiger partial charge is 0.296 e. The molecule has 0 saturated heterocycles. The summed E-state index contributed by atoms with van der Waals surface area (Å²) in [5.41, 5.74) is 1.11. The van der Waals surface area contributed by atoms with E-state index in [4.69, 9.17) is 0 Å². The normalized spacial score (nSPS) is 14.1. The van der Waals surface area contributed by atoms with Crippen LogP contribution < -0.4 is 5.32 Å². The number of amides is 1. The topological polar surface area (TPSA) is 46.2 Å². The van der Waals surface area contributed by atoms with Crippen LogP contribution in [-0.4, -0.2) is 11.7 Å². The molecule has 0 spiro atoms. The first kappa shape index (κ1) is 8.17. The van der Waals surface area contributed by atoms with Crippen molar-refractivity contribution in [3.05, 3.63) is 42.0 Å². The van der Waals surface area contributed by atoms with Gasteiger partial charge in [-0.15, -0.1) is 0 Å². The number of fused-ring (bicyclic) bond motifs is 3. The molecule has 0 radical (unpaired) electrons. The number of Topliss-reactive ketones (excluding diaryl/α,β-unsaturated/α-hetero) is 1. The highest BCUT2D eigenvalue weighted by Crippen LogP contribution is 2.31. The molecule has 0 atom stereocenters. The highest BCUT2D eigenvalue weighted by atomic mass is 16.2. The van der Waals surface area contributed by atoms with Gasteiger partial charge in [0, 0.05) is 5.39 Å². The van der Waals surface area contributed by atoms with Crippen LogP contribution in [0.1, 0.15) is 10.4 Å². The summed E-state index contributed by atoms with van der Waals surface area (Å²) in [5.74, 6) is -0.989. The monoisotopic (exact) mass is 197 g/mol. The largest absolute Gasteiger partial charge is 0.318 e. The summed E-state index contributed by atoms with van der Waals surface area (Å²) >= 11 is 0. The molecule has 1 amide bonds. The molecule has 1 heterocycles. The van der Waals surface area contributed by atoms with Gasteiger partial charge in [-0.2, -0.15) is 0 Å². The Morgan fingerprint density at radius 1 is 0.933 bits per heavy atom. The first-order chi connectivity index (χ1) is 7.27. The Morgan fingerprint density at radius 3 is 2.60 bits per heavy atom. The van der Waals surface area contributed by atoms with E-state index in [9.17, 15) is 9.59 Å². The average Bonchev–Trinajstić information content (AvgIpc) is 2.56. The van der Waals surface area contributed by atoms with Crippen LogP contribution in [0.4, 0.5) is 5.69 Å². The fraction of sp³-hybridized carbons (Fsp3) is 0. The molecule has 0 saturated carbocycles. The summed E-state index contributed by atoms with van der Waals surface area (Å²) in [5, 5.41) is 4.53. The van der Waals surface area contributed by atoms with Crippen molar-refractivity contribution in [2.75, 3.05) is 5.32 Å². The molecule has 3 heteroatoms. The van der Waals surface area contributed by atoms with Gasteiger partial charge in [-0.05, 0) is 11.5 Å². The second-order valence-corrected chi connectivity index (χ2v) is 3.49. The number of hydrogen-bond donors (Lipinski definition) is 1. The fourth-order valence-electron chi connectivity index (χ4n) is 1.89. The van der Waals surface area contributed by atoms with Gasteiger partial charge in [-0.3, -0.25) is 9.59 Å². The van der Waals surface area contributed by atoms with Crippen LogP contribution >= 0.6 is 0 Å². The summed E-state index contributed by atoms with van der Waals surface area (Å²) in [7, 11) is 0. The minimum Gasteiger partial charge on any atom is -0.318 e. The van der Waals surface area contributed by atoms with Crippen molar-refractivity contribution in [3.63, 3.8) is 0 Å². The minimum absolute atomic E-state index is 0.448. The van der Waals surface area contributed by atoms with E-state index < -0.39 is 11.7 Å². The summed E-state index contributed by atoms with van der Waals surface area (Å²) in [6.45, 7) is 0. The van der Waals surface area contributed by atoms with Gasteiger partial charge in [0.25, 0.3) is 11.7 Å². The number of ketones is 1. The van der Waals surface area contributed by atoms with Crippen LogP contribution in [0.15, 0.2) is 36.4 Å². The van der Waals surface area contributed by atoms with E-state index >= 15 is 0 Å². The lowest BCUT2D eigenvalue weighted by Gasteiger charge is -2.02. The van der Waals surface area contributed by atoms with E-state index in [1.807, 2.05) is 30.3 Å². The standard InChI is InChI=1S/C12H7NO2/c14-11-9-6-5-7-3-1-2-4-8(7)10(9)13-12(11)15/h1-6H,(H,13,14,15). The van der Waals surface area contributed by atoms with Gasteiger partial charge >= 0.3 is 0 Å². The van der Waals surface area contributed by atoms with Crippen LogP contribution in [-0.2, 0) is 4.79 Å². The van der Waals surface area contributed by atoms with Crippen molar-refractivity contribution in [1.82, 2.24) is 0 Å². The van der Waals surface area contributed by atoms with Crippen LogP contribution in [0.25, 0.3) is 10.8 Å². The van der Waals surface area contributed by atoms with Crippen molar-refractivity contribution >= 4 is 28.2 Å². The number of benzene rings is 2. The van der Waals surface area contributed by atoms with Gasteiger partial charge in [0.1, 0.15) is 0 Å². The lowest BCUT2D eigenvalue weighted by molar-refractivity contribution is -0.112. The van der Waals surface area contributed by atoms with Crippen molar-refractivity contribution in [2.45, 2.75) is 0 Å². The predicted molar refractivity (Wildman–Crippen MR) is 56.9 cm³/mol. The van der Waals surface area contributed by atoms with Gasteiger partial charge < -0.3 is 5.32 Å². The molecule has 72 valence electrons. The zero-order chi connectivity index (χ0) is 10.4. The van der Waals surface area contributed by atoms with Gasteiger partial charge in [-0.1, -0.05) is 30.3 Å². The van der Waals surface area contributed by atoms with Crippen LogP contribution in [0.2, 0.25) is 0 Å². The number of carbonyl (C=O) groups is 2. The van der Waals surface area contributed by atoms with E-state index in [0.29, 0.717) is 11.3 Å². The SMILES string of the molecule is O=C1Nc2c(ccc3ccccc23)C1=O. The Kier molecular flexibility index (Phi) is 1.45. The number of nitrogens with one attached hydrogen (secondary N) is 1. The zero-order valence-corrected chi connectivity index (χ0v) is 7.78. The molecule has 1 aliphatic heterocycles. The Bertz CT molecular complexity index is 602. The third-order valence-corrected chi connectivity index (χ3v) is 2.62. The maximum atomic E-state index is 11.4. The molecular formula is C12H7NO2. The Balaban J connectivity index is 2.43. The lowest BCUT2D eigenvalue weighted by atomic mass is 10.0. The first-order valence-corrected chi connectivity index (χ1v) is 4.65. The highest BCUT2D eigenvalue weighted by Gasteiger charge is 2.28. The molecule has 15 heavy (non-hydrogen) atoms. The third-order valence-electron chi connectivity index (χ3n) is 2.62. The number of carbonyl (C=O) groups excluding carboxylic acids is 2. The minimum atomic E-state index is -0.540. The number of hydrogen-bond acceptors (Lipinski definition) is 2. The Hall–Kier alpha value is -2.16. The molecule has 0 fully saturated rings. The first-order valence-electron chi connectivity index (χ1n) is 4.65. The molecule has 2 aromatic carbocycles. The van der Waals surface area contributed by atoms with Crippen LogP contribution in [0, 0.1) is 0 Å². The van der Waals surface area contributed by atoms with Crippen molar-refractivity contribution < 1.29 is 9.59 Å². The van der Waals surface area contributed by atoms with Gasteiger partial charge in [-0.25, -0.2) is 0 Å². The van der Waals surface area contributed by atoms with Gasteiger partial charge in [0.2, 0.25) is 0 Å². The maximum Gasteiger partial charge on any atom is 0.296 e. The Labute approximate surface area is 85.7 Å². The van der Waals surface area contributed by atoms with Gasteiger partial charge in [0.05, 0.1) is 11.3 Å². The van der Waals surface area contributed by atoms with E-state index in [-0.39, 0.29) is 0 Å². The number of anilines is 1. The molecule has 0 unspecified atom stereocenters. The molecule has 3 rings (SSSR count). The van der Waals surface area contributed by atoms with Crippen LogP contribution in [0.3, 0.4) is 0 Å². The quantitative estimate of drug-likeness (QED) is 0.656. The molecule has 2 aromatic rings. The molecular weight excluding hydrogens is 190 g/mol. The van der Waals surface area contributed by atoms with Crippen molar-refractivity contribution in [1.29, 1.82) is 0 Å². The van der Waals surface area contributed by atoms with E-state index in [1.165, 1.54) is 0 Å². The summed E-state index contributed by atoms with van der Waals surface area (Å²) in [6.07, 6.45) is 0. The van der Waals surface area contributed by atoms with E-state index in [0.717, 1.165) is 10.8 Å². The summed E-state index contributed by atoms with van der Waals surface area (Å²) in [4.78, 5) is 22.6. The van der Waals surface area contributed by atoms with Crippen LogP contribution in [0.5, 0.6) is 0 Å². The zero-order valence-electron chi connectivity index (χ0n) is 7.78. The predicted octanol–water partition coefficient (Wildman–Crippen LogP) is 1.97. The second kappa shape index (κ2) is 2.67. The summed E-state index contributed by atoms with van der Waals surface area (Å²) in [6, 6.07) is 11.2. The van der Waals surface area contributed by atoms with E-state index in [1.54, 1.807) is 6.07 Å². The lowest BCUT2D eigenvalue weighted by Crippen LogP contribution is -2.12. The Morgan fingerprint density at radius 2 is 1.73 bits per heavy atom.